The van der Waals surface area contributed by atoms with Crippen molar-refractivity contribution in [2.24, 2.45) is 0 Å². The van der Waals surface area contributed by atoms with E-state index in [1.54, 1.807) is 4.68 Å². The van der Waals surface area contributed by atoms with Crippen LogP contribution < -0.4 is 16.0 Å². The number of carbonyl (C=O) groups excluding carboxylic acids is 4. The summed E-state index contributed by atoms with van der Waals surface area (Å²) in [6.45, 7) is 24.1. The van der Waals surface area contributed by atoms with Crippen LogP contribution in [-0.4, -0.2) is 154 Å². The highest BCUT2D eigenvalue weighted by atomic mass is 16.6. The van der Waals surface area contributed by atoms with Crippen LogP contribution in [0, 0.1) is 0 Å². The average molecular weight is 1150 g/mol. The molecule has 0 spiro atoms. The van der Waals surface area contributed by atoms with Crippen LogP contribution in [0.3, 0.4) is 0 Å². The fourth-order valence-electron chi connectivity index (χ4n) is 8.98. The Labute approximate surface area is 492 Å². The fourth-order valence-corrected chi connectivity index (χ4v) is 8.98. The molecular weight excluding hydrogens is 1030 g/mol. The third-order valence-electron chi connectivity index (χ3n) is 13.7. The smallest absolute Gasteiger partial charge is 0.407 e. The molecule has 3 N–H and O–H groups in total. The van der Waals surface area contributed by atoms with E-state index < -0.39 is 11.7 Å². The zero-order valence-electron chi connectivity index (χ0n) is 52.7. The number of aryl methyl sites for hydroxylation is 1. The third kappa shape index (κ3) is 50.8. The maximum Gasteiger partial charge on any atom is 0.407 e. The molecule has 18 nitrogen and oxygen atoms in total. The van der Waals surface area contributed by atoms with Crippen molar-refractivity contribution in [2.45, 2.75) is 278 Å². The maximum absolute atomic E-state index is 12.9. The van der Waals surface area contributed by atoms with Crippen molar-refractivity contribution >= 4 is 23.9 Å². The number of unbranched alkanes of at least 4 members (excludes halogenated alkanes) is 20. The van der Waals surface area contributed by atoms with Gasteiger partial charge >= 0.3 is 18.0 Å². The number of esters is 2. The number of alkyl carbamates (subject to hydrolysis) is 1. The zero-order chi connectivity index (χ0) is 59.1. The van der Waals surface area contributed by atoms with Gasteiger partial charge in [-0.15, -0.1) is 5.10 Å². The van der Waals surface area contributed by atoms with Crippen LogP contribution in [-0.2, 0) is 60.6 Å². The van der Waals surface area contributed by atoms with E-state index in [2.05, 4.69) is 58.9 Å². The molecule has 0 atom stereocenters. The van der Waals surface area contributed by atoms with Crippen LogP contribution in [0.2, 0.25) is 0 Å². The number of ether oxygens (including phenoxy) is 7. The highest BCUT2D eigenvalue weighted by Crippen LogP contribution is 2.14. The average Bonchev–Trinajstić information content (AvgIpc) is 3.89. The molecule has 474 valence electrons. The van der Waals surface area contributed by atoms with Crippen molar-refractivity contribution in [1.82, 2.24) is 35.8 Å². The van der Waals surface area contributed by atoms with Crippen molar-refractivity contribution in [3.05, 3.63) is 11.9 Å². The van der Waals surface area contributed by atoms with Crippen molar-refractivity contribution in [3.63, 3.8) is 0 Å². The number of hydrogen-bond donors (Lipinski definition) is 3. The quantitative estimate of drug-likeness (QED) is 0.0315. The molecule has 1 heterocycles. The predicted octanol–water partition coefficient (Wildman–Crippen LogP) is 12.4. The zero-order valence-corrected chi connectivity index (χ0v) is 52.7. The summed E-state index contributed by atoms with van der Waals surface area (Å²) in [5.74, 6) is -0.377. The lowest BCUT2D eigenvalue weighted by atomic mass is 10.1. The molecule has 18 heteroatoms. The first-order valence-electron chi connectivity index (χ1n) is 32.6. The first-order valence-corrected chi connectivity index (χ1v) is 32.6. The largest absolute Gasteiger partial charge is 0.457 e. The lowest BCUT2D eigenvalue weighted by Gasteiger charge is -2.21. The summed E-state index contributed by atoms with van der Waals surface area (Å²) >= 11 is 0. The van der Waals surface area contributed by atoms with Crippen molar-refractivity contribution in [2.75, 3.05) is 92.1 Å². The standard InChI is InChI=1S/C63H121N7O11/c1-8-12-16-30-46-75-52-57(53-76-47-31-17-13-9-2)79-60(72)36-26-22-20-24-28-43-69(44-29-25-21-23-27-37-61(73)80-58(54-77-48-32-18-14-10-3)55-78-49-33-19-15-11-4)50-56-51-70(68-67-56)45-38-59(71)65-41-34-39-64-40-35-42-66-62(74)81-63(5,6)7/h51,57-58,64H,8-50,52-55H2,1-7H3,(H,65,71)(H,66,74). The minimum Gasteiger partial charge on any atom is -0.457 e. The molecule has 0 fully saturated rings. The van der Waals surface area contributed by atoms with Crippen LogP contribution in [0.1, 0.15) is 253 Å². The molecule has 1 aromatic rings. The molecule has 0 radical (unpaired) electrons. The molecule has 0 aliphatic heterocycles. The Balaban J connectivity index is 2.64. The van der Waals surface area contributed by atoms with Crippen LogP contribution in [0.15, 0.2) is 6.20 Å². The molecule has 0 saturated carbocycles. The molecule has 0 aliphatic carbocycles. The van der Waals surface area contributed by atoms with Crippen LogP contribution in [0.4, 0.5) is 4.79 Å². The number of hydrogen-bond acceptors (Lipinski definition) is 15. The third-order valence-corrected chi connectivity index (χ3v) is 13.7. The van der Waals surface area contributed by atoms with E-state index in [9.17, 15) is 19.2 Å². The summed E-state index contributed by atoms with van der Waals surface area (Å²) in [6, 6.07) is 0. The molecule has 81 heavy (non-hydrogen) atoms. The van der Waals surface area contributed by atoms with E-state index in [1.165, 1.54) is 51.4 Å². The van der Waals surface area contributed by atoms with E-state index in [0.29, 0.717) is 98.3 Å². The number of amides is 2. The molecule has 0 aliphatic rings. The molecule has 2 amide bonds. The van der Waals surface area contributed by atoms with Gasteiger partial charge in [0.1, 0.15) is 17.8 Å². The van der Waals surface area contributed by atoms with Gasteiger partial charge in [-0.05, 0) is 111 Å². The number of nitrogens with zero attached hydrogens (tertiary/aromatic N) is 4. The first kappa shape index (κ1) is 75.6. The van der Waals surface area contributed by atoms with E-state index in [4.69, 9.17) is 33.2 Å². The Hall–Kier alpha value is -3.42. The van der Waals surface area contributed by atoms with Gasteiger partial charge in [-0.3, -0.25) is 24.0 Å². The van der Waals surface area contributed by atoms with Gasteiger partial charge in [0, 0.05) is 71.5 Å². The second-order valence-corrected chi connectivity index (χ2v) is 23.0. The second kappa shape index (κ2) is 54.5. The van der Waals surface area contributed by atoms with Gasteiger partial charge < -0.3 is 49.1 Å². The highest BCUT2D eigenvalue weighted by molar-refractivity contribution is 5.75. The molecular formula is C63H121N7O11. The molecule has 0 bridgehead atoms. The number of aromatic nitrogens is 3. The number of nitrogens with one attached hydrogen (secondary N) is 3. The van der Waals surface area contributed by atoms with E-state index in [0.717, 1.165) is 160 Å². The summed E-state index contributed by atoms with van der Waals surface area (Å²) in [5, 5.41) is 18.0. The molecule has 1 rings (SSSR count). The van der Waals surface area contributed by atoms with Gasteiger partial charge in [-0.1, -0.05) is 148 Å². The van der Waals surface area contributed by atoms with E-state index >= 15 is 0 Å². The van der Waals surface area contributed by atoms with Crippen LogP contribution in [0.25, 0.3) is 0 Å². The number of carbonyl (C=O) groups is 4. The Bertz CT molecular complexity index is 1520. The fraction of sp³-hybridized carbons (Fsp3) is 0.905. The van der Waals surface area contributed by atoms with E-state index in [-0.39, 0.29) is 30.1 Å². The van der Waals surface area contributed by atoms with Gasteiger partial charge in [0.05, 0.1) is 38.7 Å². The summed E-state index contributed by atoms with van der Waals surface area (Å²) < 4.78 is 42.4. The minimum absolute atomic E-state index is 0.0233. The Morgan fingerprint density at radius 3 is 1.35 bits per heavy atom. The van der Waals surface area contributed by atoms with Crippen LogP contribution in [0.5, 0.6) is 0 Å². The first-order chi connectivity index (χ1) is 39.4. The van der Waals surface area contributed by atoms with E-state index in [1.807, 2.05) is 27.0 Å². The summed E-state index contributed by atoms with van der Waals surface area (Å²) in [6.07, 6.45) is 31.5. The number of rotatable bonds is 59. The van der Waals surface area contributed by atoms with Gasteiger partial charge in [0.25, 0.3) is 0 Å². The second-order valence-electron chi connectivity index (χ2n) is 23.0. The molecule has 1 aromatic heterocycles. The highest BCUT2D eigenvalue weighted by Gasteiger charge is 2.19. The Morgan fingerprint density at radius 1 is 0.506 bits per heavy atom. The van der Waals surface area contributed by atoms with Crippen molar-refractivity contribution in [1.29, 1.82) is 0 Å². The SMILES string of the molecule is CCCCCCOCC(COCCCCCC)OC(=O)CCCCCCCN(CCCCCCCC(=O)OC(COCCCCCC)COCCCCCC)Cc1cn(CCC(=O)NCCCNCCCNC(=O)OC(C)(C)C)nn1. The van der Waals surface area contributed by atoms with Gasteiger partial charge in [-0.25, -0.2) is 4.79 Å². The molecule has 0 saturated heterocycles. The van der Waals surface area contributed by atoms with Gasteiger partial charge in [0.2, 0.25) is 5.91 Å². The summed E-state index contributed by atoms with van der Waals surface area (Å²) in [4.78, 5) is 52.8. The molecule has 0 unspecified atom stereocenters. The minimum atomic E-state index is -0.514. The van der Waals surface area contributed by atoms with Crippen LogP contribution >= 0.6 is 0 Å². The summed E-state index contributed by atoms with van der Waals surface area (Å²) in [5.41, 5.74) is 0.364. The predicted molar refractivity (Wildman–Crippen MR) is 324 cm³/mol. The monoisotopic (exact) mass is 1150 g/mol. The topological polar surface area (TPSA) is 203 Å². The lowest BCUT2D eigenvalue weighted by Crippen LogP contribution is -2.34. The Kier molecular flexibility index (Phi) is 50.9. The maximum atomic E-state index is 12.9. The van der Waals surface area contributed by atoms with Crippen molar-refractivity contribution in [3.8, 4) is 0 Å². The van der Waals surface area contributed by atoms with Gasteiger partial charge in [0.15, 0.2) is 0 Å². The summed E-state index contributed by atoms with van der Waals surface area (Å²) in [7, 11) is 0. The van der Waals surface area contributed by atoms with Crippen molar-refractivity contribution < 1.29 is 52.3 Å². The lowest BCUT2D eigenvalue weighted by molar-refractivity contribution is -0.157. The normalized spacial score (nSPS) is 11.8. The molecule has 0 aromatic carbocycles. The Morgan fingerprint density at radius 2 is 0.914 bits per heavy atom. The van der Waals surface area contributed by atoms with Gasteiger partial charge in [-0.2, -0.15) is 0 Å².